The first-order valence-corrected chi connectivity index (χ1v) is 12.9. The number of carbonyl (C=O) groups excluding carboxylic acids is 1. The molecule has 3 heterocycles. The summed E-state index contributed by atoms with van der Waals surface area (Å²) in [4.78, 5) is 16.0. The van der Waals surface area contributed by atoms with Crippen LogP contribution in [0.15, 0.2) is 52.6 Å². The standard InChI is InChI=1S/C26H31N7O2S/c1-26(2,3)35-25(34)28-10-9-20-16-30-33(18-20)22-8-7-19(15-27)13-23(22)36-21-14-24(31-29-17-21)32-11-5-4-6-12-32/h7-8,13-14,16-18H,4-6,9-12H2,1-3H3,(H,28,34). The third-order valence-corrected chi connectivity index (χ3v) is 6.58. The van der Waals surface area contributed by atoms with Gasteiger partial charge in [0, 0.05) is 35.6 Å². The average Bonchev–Trinajstić information content (AvgIpc) is 3.32. The van der Waals surface area contributed by atoms with Crippen LogP contribution in [-0.4, -0.2) is 51.3 Å². The molecule has 0 saturated carbocycles. The Morgan fingerprint density at radius 3 is 2.75 bits per heavy atom. The van der Waals surface area contributed by atoms with E-state index in [4.69, 9.17) is 4.74 Å². The molecule has 1 N–H and O–H groups in total. The van der Waals surface area contributed by atoms with Crippen molar-refractivity contribution in [2.24, 2.45) is 0 Å². The number of alkyl carbamates (subject to hydrolysis) is 1. The first-order chi connectivity index (χ1) is 17.3. The van der Waals surface area contributed by atoms with E-state index in [1.807, 2.05) is 39.1 Å². The van der Waals surface area contributed by atoms with Gasteiger partial charge in [0.05, 0.1) is 29.7 Å². The Bertz CT molecular complexity index is 1240. The number of ether oxygens (including phenoxy) is 1. The van der Waals surface area contributed by atoms with Gasteiger partial charge in [0.2, 0.25) is 0 Å². The summed E-state index contributed by atoms with van der Waals surface area (Å²) in [5.74, 6) is 0.886. The van der Waals surface area contributed by atoms with Crippen molar-refractivity contribution in [3.8, 4) is 11.8 Å². The fraction of sp³-hybridized carbons (Fsp3) is 0.423. The summed E-state index contributed by atoms with van der Waals surface area (Å²) in [5.41, 5.74) is 1.89. The average molecular weight is 506 g/mol. The molecule has 36 heavy (non-hydrogen) atoms. The predicted octanol–water partition coefficient (Wildman–Crippen LogP) is 4.74. The number of piperidine rings is 1. The highest BCUT2D eigenvalue weighted by Gasteiger charge is 2.17. The maximum Gasteiger partial charge on any atom is 0.407 e. The van der Waals surface area contributed by atoms with Gasteiger partial charge >= 0.3 is 6.09 Å². The second kappa shape index (κ2) is 11.4. The fourth-order valence-corrected chi connectivity index (χ4v) is 4.87. The van der Waals surface area contributed by atoms with E-state index in [0.717, 1.165) is 39.9 Å². The summed E-state index contributed by atoms with van der Waals surface area (Å²) in [6.45, 7) is 7.94. The Kier molecular flexibility index (Phi) is 8.10. The minimum absolute atomic E-state index is 0.435. The Morgan fingerprint density at radius 1 is 1.19 bits per heavy atom. The van der Waals surface area contributed by atoms with Gasteiger partial charge in [-0.1, -0.05) is 11.8 Å². The smallest absolute Gasteiger partial charge is 0.407 e. The van der Waals surface area contributed by atoms with Crippen molar-refractivity contribution >= 4 is 23.7 Å². The van der Waals surface area contributed by atoms with Crippen molar-refractivity contribution in [1.29, 1.82) is 5.26 Å². The SMILES string of the molecule is CC(C)(C)OC(=O)NCCc1cnn(-c2ccc(C#N)cc2Sc2cnnc(N3CCCCC3)c2)c1. The van der Waals surface area contributed by atoms with Crippen LogP contribution in [0.5, 0.6) is 0 Å². The van der Waals surface area contributed by atoms with Crippen LogP contribution in [0.2, 0.25) is 0 Å². The van der Waals surface area contributed by atoms with Crippen LogP contribution in [-0.2, 0) is 11.2 Å². The molecule has 2 aromatic heterocycles. The number of aromatic nitrogens is 4. The molecule has 3 aromatic rings. The van der Waals surface area contributed by atoms with E-state index < -0.39 is 11.7 Å². The number of amides is 1. The molecule has 4 rings (SSSR count). The lowest BCUT2D eigenvalue weighted by Gasteiger charge is -2.27. The molecular formula is C26H31N7O2S. The van der Waals surface area contributed by atoms with Crippen LogP contribution in [0.4, 0.5) is 10.6 Å². The van der Waals surface area contributed by atoms with Gasteiger partial charge in [0.1, 0.15) is 5.60 Å². The zero-order chi connectivity index (χ0) is 25.5. The molecule has 1 aromatic carbocycles. The molecule has 1 aliphatic rings. The minimum Gasteiger partial charge on any atom is -0.444 e. The Labute approximate surface area is 215 Å². The largest absolute Gasteiger partial charge is 0.444 e. The van der Waals surface area contributed by atoms with Crippen LogP contribution in [0.25, 0.3) is 5.69 Å². The minimum atomic E-state index is -0.530. The summed E-state index contributed by atoms with van der Waals surface area (Å²) < 4.78 is 7.08. The molecule has 0 radical (unpaired) electrons. The predicted molar refractivity (Wildman–Crippen MR) is 138 cm³/mol. The van der Waals surface area contributed by atoms with Crippen LogP contribution in [0.3, 0.4) is 0 Å². The lowest BCUT2D eigenvalue weighted by atomic mass is 10.1. The first kappa shape index (κ1) is 25.5. The number of hydrogen-bond acceptors (Lipinski definition) is 8. The van der Waals surface area contributed by atoms with Crippen LogP contribution in [0.1, 0.15) is 51.2 Å². The molecule has 0 unspecified atom stereocenters. The second-order valence-corrected chi connectivity index (χ2v) is 10.8. The number of nitrogens with zero attached hydrogens (tertiary/aromatic N) is 6. The second-order valence-electron chi connectivity index (χ2n) is 9.67. The van der Waals surface area contributed by atoms with Gasteiger partial charge in [-0.3, -0.25) is 0 Å². The number of nitrogens with one attached hydrogen (secondary N) is 1. The highest BCUT2D eigenvalue weighted by Crippen LogP contribution is 2.34. The topological polar surface area (TPSA) is 109 Å². The summed E-state index contributed by atoms with van der Waals surface area (Å²) in [5, 5.41) is 25.3. The van der Waals surface area contributed by atoms with Crippen molar-refractivity contribution in [3.63, 3.8) is 0 Å². The summed E-state index contributed by atoms with van der Waals surface area (Å²) in [7, 11) is 0. The Morgan fingerprint density at radius 2 is 2.00 bits per heavy atom. The molecule has 0 aliphatic carbocycles. The van der Waals surface area contributed by atoms with E-state index in [1.54, 1.807) is 23.1 Å². The van der Waals surface area contributed by atoms with Gasteiger partial charge in [-0.2, -0.15) is 15.5 Å². The van der Waals surface area contributed by atoms with E-state index in [1.165, 1.54) is 31.0 Å². The van der Waals surface area contributed by atoms with Gasteiger partial charge in [-0.15, -0.1) is 5.10 Å². The number of carbonyl (C=O) groups is 1. The molecular weight excluding hydrogens is 474 g/mol. The number of hydrogen-bond donors (Lipinski definition) is 1. The van der Waals surface area contributed by atoms with Crippen LogP contribution < -0.4 is 10.2 Å². The number of benzene rings is 1. The molecule has 1 aliphatic heterocycles. The van der Waals surface area contributed by atoms with Crippen LogP contribution >= 0.6 is 11.8 Å². The number of rotatable bonds is 7. The normalized spacial score (nSPS) is 13.8. The van der Waals surface area contributed by atoms with Crippen molar-refractivity contribution in [2.45, 2.75) is 61.8 Å². The maximum atomic E-state index is 11.9. The van der Waals surface area contributed by atoms with Crippen molar-refractivity contribution in [1.82, 2.24) is 25.3 Å². The zero-order valence-corrected chi connectivity index (χ0v) is 21.7. The highest BCUT2D eigenvalue weighted by molar-refractivity contribution is 7.99. The van der Waals surface area contributed by atoms with Crippen LogP contribution in [0, 0.1) is 11.3 Å². The van der Waals surface area contributed by atoms with Crippen molar-refractivity contribution in [3.05, 3.63) is 54.0 Å². The summed E-state index contributed by atoms with van der Waals surface area (Å²) in [6.07, 6.45) is 9.24. The van der Waals surface area contributed by atoms with Crippen molar-refractivity contribution in [2.75, 3.05) is 24.5 Å². The lowest BCUT2D eigenvalue weighted by molar-refractivity contribution is 0.0528. The van der Waals surface area contributed by atoms with E-state index in [-0.39, 0.29) is 0 Å². The van der Waals surface area contributed by atoms with E-state index >= 15 is 0 Å². The Hall–Kier alpha value is -3.58. The van der Waals surface area contributed by atoms with E-state index in [9.17, 15) is 10.1 Å². The molecule has 9 nitrogen and oxygen atoms in total. The summed E-state index contributed by atoms with van der Waals surface area (Å²) >= 11 is 1.54. The molecule has 0 atom stereocenters. The molecule has 0 spiro atoms. The number of nitriles is 1. The Balaban J connectivity index is 1.48. The molecule has 1 amide bonds. The molecule has 0 bridgehead atoms. The molecule has 1 saturated heterocycles. The monoisotopic (exact) mass is 505 g/mol. The molecule has 10 heteroatoms. The molecule has 1 fully saturated rings. The quantitative estimate of drug-likeness (QED) is 0.490. The van der Waals surface area contributed by atoms with Gasteiger partial charge in [0.15, 0.2) is 5.82 Å². The fourth-order valence-electron chi connectivity index (χ4n) is 3.90. The third kappa shape index (κ3) is 6.98. The van der Waals surface area contributed by atoms with Gasteiger partial charge in [-0.25, -0.2) is 9.48 Å². The van der Waals surface area contributed by atoms with E-state index in [2.05, 4.69) is 37.6 Å². The number of anilines is 1. The highest BCUT2D eigenvalue weighted by atomic mass is 32.2. The van der Waals surface area contributed by atoms with Gasteiger partial charge in [0.25, 0.3) is 0 Å². The van der Waals surface area contributed by atoms with E-state index in [0.29, 0.717) is 18.5 Å². The third-order valence-electron chi connectivity index (χ3n) is 5.58. The molecule has 188 valence electrons. The van der Waals surface area contributed by atoms with Crippen molar-refractivity contribution < 1.29 is 9.53 Å². The van der Waals surface area contributed by atoms with Gasteiger partial charge in [-0.05, 0) is 76.3 Å². The lowest BCUT2D eigenvalue weighted by Crippen LogP contribution is -2.33. The first-order valence-electron chi connectivity index (χ1n) is 12.1. The summed E-state index contributed by atoms with van der Waals surface area (Å²) in [6, 6.07) is 9.84. The van der Waals surface area contributed by atoms with Gasteiger partial charge < -0.3 is 15.0 Å². The zero-order valence-electron chi connectivity index (χ0n) is 20.9. The maximum absolute atomic E-state index is 11.9.